The zero-order chi connectivity index (χ0) is 11.2. The maximum Gasteiger partial charge on any atom is 0.207 e. The van der Waals surface area contributed by atoms with Gasteiger partial charge in [0.15, 0.2) is 0 Å². The normalized spacial score (nSPS) is 12.6. The molecule has 3 heteroatoms. The van der Waals surface area contributed by atoms with Crippen molar-refractivity contribution in [2.24, 2.45) is 5.41 Å². The molecule has 0 unspecified atom stereocenters. The van der Waals surface area contributed by atoms with E-state index >= 15 is 0 Å². The van der Waals surface area contributed by atoms with Gasteiger partial charge in [-0.3, -0.25) is 4.79 Å². The van der Waals surface area contributed by atoms with Crippen molar-refractivity contribution in [3.05, 3.63) is 0 Å². The number of rotatable bonds is 6. The van der Waals surface area contributed by atoms with Gasteiger partial charge >= 0.3 is 0 Å². The maximum absolute atomic E-state index is 10.0. The van der Waals surface area contributed by atoms with Crippen molar-refractivity contribution < 1.29 is 4.79 Å². The van der Waals surface area contributed by atoms with Crippen LogP contribution in [-0.2, 0) is 4.79 Å². The molecule has 0 fully saturated rings. The van der Waals surface area contributed by atoms with Gasteiger partial charge in [-0.05, 0) is 25.7 Å². The third kappa shape index (κ3) is 8.05. The summed E-state index contributed by atoms with van der Waals surface area (Å²) >= 11 is 0. The van der Waals surface area contributed by atoms with Gasteiger partial charge in [-0.2, -0.15) is 0 Å². The summed E-state index contributed by atoms with van der Waals surface area (Å²) in [5.74, 6) is 0. The fraction of sp³-hybridized carbons (Fsp3) is 0.909. The Hall–Kier alpha value is -0.570. The van der Waals surface area contributed by atoms with Gasteiger partial charge in [-0.15, -0.1) is 0 Å². The molecule has 0 aliphatic rings. The summed E-state index contributed by atoms with van der Waals surface area (Å²) in [6.07, 6.45) is 1.85. The molecule has 0 aliphatic heterocycles. The van der Waals surface area contributed by atoms with E-state index in [1.807, 2.05) is 0 Å². The molecule has 0 radical (unpaired) electrons. The van der Waals surface area contributed by atoms with Gasteiger partial charge < -0.3 is 10.6 Å². The Labute approximate surface area is 87.6 Å². The molecular formula is C11H24N2O. The fourth-order valence-electron chi connectivity index (χ4n) is 1.92. The molecule has 0 aromatic rings. The van der Waals surface area contributed by atoms with Crippen LogP contribution in [0.15, 0.2) is 0 Å². The molecule has 0 aromatic carbocycles. The van der Waals surface area contributed by atoms with E-state index in [2.05, 4.69) is 45.3 Å². The molecule has 0 atom stereocenters. The summed E-state index contributed by atoms with van der Waals surface area (Å²) < 4.78 is 0. The first kappa shape index (κ1) is 13.4. The molecule has 2 N–H and O–H groups in total. The highest BCUT2D eigenvalue weighted by Crippen LogP contribution is 2.26. The van der Waals surface area contributed by atoms with Gasteiger partial charge in [0.05, 0.1) is 0 Å². The average Bonchev–Trinajstić information content (AvgIpc) is 1.93. The molecule has 84 valence electrons. The highest BCUT2D eigenvalue weighted by Gasteiger charge is 2.24. The van der Waals surface area contributed by atoms with Crippen molar-refractivity contribution in [3.8, 4) is 0 Å². The quantitative estimate of drug-likeness (QED) is 0.504. The predicted molar refractivity (Wildman–Crippen MR) is 60.2 cm³/mol. The van der Waals surface area contributed by atoms with Crippen LogP contribution < -0.4 is 10.6 Å². The molecular weight excluding hydrogens is 176 g/mol. The van der Waals surface area contributed by atoms with E-state index in [0.717, 1.165) is 19.4 Å². The van der Waals surface area contributed by atoms with E-state index in [1.54, 1.807) is 0 Å². The zero-order valence-corrected chi connectivity index (χ0v) is 10.1. The van der Waals surface area contributed by atoms with Gasteiger partial charge in [0.25, 0.3) is 0 Å². The van der Waals surface area contributed by atoms with E-state index in [1.165, 1.54) is 0 Å². The van der Waals surface area contributed by atoms with Gasteiger partial charge in [0.1, 0.15) is 0 Å². The lowest BCUT2D eigenvalue weighted by molar-refractivity contribution is -0.109. The van der Waals surface area contributed by atoms with Crippen LogP contribution in [0.25, 0.3) is 0 Å². The second-order valence-electron chi connectivity index (χ2n) is 5.62. The predicted octanol–water partition coefficient (Wildman–Crippen LogP) is 1.54. The van der Waals surface area contributed by atoms with E-state index in [-0.39, 0.29) is 5.54 Å². The van der Waals surface area contributed by atoms with Crippen LogP contribution in [0.1, 0.15) is 41.0 Å². The minimum absolute atomic E-state index is 0.128. The van der Waals surface area contributed by atoms with Crippen LogP contribution in [0.3, 0.4) is 0 Å². The summed E-state index contributed by atoms with van der Waals surface area (Å²) in [7, 11) is 0. The number of hydrogen-bond donors (Lipinski definition) is 2. The average molecular weight is 200 g/mol. The highest BCUT2D eigenvalue weighted by molar-refractivity contribution is 5.45. The Balaban J connectivity index is 3.77. The third-order valence-corrected chi connectivity index (χ3v) is 1.93. The first-order valence-corrected chi connectivity index (χ1v) is 5.19. The summed E-state index contributed by atoms with van der Waals surface area (Å²) in [6, 6.07) is 0. The minimum Gasteiger partial charge on any atom is -0.357 e. The van der Waals surface area contributed by atoms with Crippen molar-refractivity contribution in [1.82, 2.24) is 10.6 Å². The van der Waals surface area contributed by atoms with Crippen molar-refractivity contribution in [2.75, 3.05) is 13.1 Å². The van der Waals surface area contributed by atoms with E-state index in [0.29, 0.717) is 12.0 Å². The van der Waals surface area contributed by atoms with Crippen molar-refractivity contribution in [3.63, 3.8) is 0 Å². The molecule has 0 saturated heterocycles. The topological polar surface area (TPSA) is 41.1 Å². The van der Waals surface area contributed by atoms with Crippen LogP contribution >= 0.6 is 0 Å². The second kappa shape index (κ2) is 5.35. The van der Waals surface area contributed by atoms with Crippen LogP contribution in [0.4, 0.5) is 0 Å². The molecule has 0 aromatic heterocycles. The summed E-state index contributed by atoms with van der Waals surface area (Å²) in [5.41, 5.74) is 0.456. The minimum atomic E-state index is 0.128. The number of hydrogen-bond acceptors (Lipinski definition) is 2. The fourth-order valence-corrected chi connectivity index (χ4v) is 1.92. The molecule has 0 bridgehead atoms. The molecule has 14 heavy (non-hydrogen) atoms. The lowest BCUT2D eigenvalue weighted by Gasteiger charge is -2.33. The van der Waals surface area contributed by atoms with Gasteiger partial charge in [0, 0.05) is 18.6 Å². The monoisotopic (exact) mass is 200 g/mol. The van der Waals surface area contributed by atoms with Crippen molar-refractivity contribution in [2.45, 2.75) is 46.6 Å². The van der Waals surface area contributed by atoms with Crippen LogP contribution in [0.2, 0.25) is 0 Å². The van der Waals surface area contributed by atoms with Gasteiger partial charge in [-0.25, -0.2) is 0 Å². The van der Waals surface area contributed by atoms with E-state index < -0.39 is 0 Å². The molecule has 0 heterocycles. The summed E-state index contributed by atoms with van der Waals surface area (Å²) in [5, 5.41) is 6.07. The van der Waals surface area contributed by atoms with E-state index in [9.17, 15) is 4.79 Å². The number of carbonyl (C=O) groups is 1. The molecule has 3 nitrogen and oxygen atoms in total. The van der Waals surface area contributed by atoms with Crippen molar-refractivity contribution in [1.29, 1.82) is 0 Å². The standard InChI is InChI=1S/C11H24N2O/c1-10(2,3)8-11(4,5)13-7-6-12-9-14/h9,13H,6-8H2,1-5H3,(H,12,14). The molecule has 0 saturated carbocycles. The second-order valence-corrected chi connectivity index (χ2v) is 5.62. The Morgan fingerprint density at radius 2 is 1.64 bits per heavy atom. The van der Waals surface area contributed by atoms with Crippen LogP contribution in [0.5, 0.6) is 0 Å². The SMILES string of the molecule is CC(C)(C)CC(C)(C)NCCNC=O. The number of nitrogens with one attached hydrogen (secondary N) is 2. The smallest absolute Gasteiger partial charge is 0.207 e. The lowest BCUT2D eigenvalue weighted by Crippen LogP contribution is -2.45. The maximum atomic E-state index is 10.0. The number of carbonyl (C=O) groups excluding carboxylic acids is 1. The van der Waals surface area contributed by atoms with Gasteiger partial charge in [-0.1, -0.05) is 20.8 Å². The van der Waals surface area contributed by atoms with Crippen LogP contribution in [0, 0.1) is 5.41 Å². The Kier molecular flexibility index (Phi) is 5.13. The Bertz CT molecular complexity index is 171. The first-order chi connectivity index (χ1) is 6.27. The Morgan fingerprint density at radius 3 is 2.07 bits per heavy atom. The highest BCUT2D eigenvalue weighted by atomic mass is 16.1. The molecule has 0 rings (SSSR count). The molecule has 0 spiro atoms. The van der Waals surface area contributed by atoms with E-state index in [4.69, 9.17) is 0 Å². The summed E-state index contributed by atoms with van der Waals surface area (Å²) in [6.45, 7) is 12.6. The first-order valence-electron chi connectivity index (χ1n) is 5.19. The third-order valence-electron chi connectivity index (χ3n) is 1.93. The van der Waals surface area contributed by atoms with Crippen LogP contribution in [-0.4, -0.2) is 25.0 Å². The Morgan fingerprint density at radius 1 is 1.07 bits per heavy atom. The largest absolute Gasteiger partial charge is 0.357 e. The zero-order valence-electron chi connectivity index (χ0n) is 10.1. The molecule has 0 aliphatic carbocycles. The number of amides is 1. The molecule has 1 amide bonds. The lowest BCUT2D eigenvalue weighted by atomic mass is 9.82. The van der Waals surface area contributed by atoms with Gasteiger partial charge in [0.2, 0.25) is 6.41 Å². The summed E-state index contributed by atoms with van der Waals surface area (Å²) in [4.78, 5) is 10.0. The van der Waals surface area contributed by atoms with Crippen molar-refractivity contribution >= 4 is 6.41 Å².